The van der Waals surface area contributed by atoms with Crippen molar-refractivity contribution < 1.29 is 19.6 Å². The first-order valence-electron chi connectivity index (χ1n) is 4.72. The van der Waals surface area contributed by atoms with E-state index in [9.17, 15) is 35.1 Å². The van der Waals surface area contributed by atoms with Crippen LogP contribution < -0.4 is 0 Å². The fourth-order valence-electron chi connectivity index (χ4n) is 1.34. The molecule has 20 heavy (non-hydrogen) atoms. The van der Waals surface area contributed by atoms with E-state index in [4.69, 9.17) is 11.6 Å². The van der Waals surface area contributed by atoms with Crippen LogP contribution >= 0.6 is 11.6 Å². The van der Waals surface area contributed by atoms with Gasteiger partial charge in [-0.25, -0.2) is 0 Å². The van der Waals surface area contributed by atoms with Crippen molar-refractivity contribution in [3.63, 3.8) is 0 Å². The fraction of sp³-hybridized carbons (Fsp3) is 0. The summed E-state index contributed by atoms with van der Waals surface area (Å²) in [5.74, 6) is 0. The molecule has 0 saturated carbocycles. The maximum absolute atomic E-state index is 10.8. The predicted octanol–water partition coefficient (Wildman–Crippen LogP) is 2.19. The highest BCUT2D eigenvalue weighted by atomic mass is 35.5. The summed E-state index contributed by atoms with van der Waals surface area (Å²) in [6.45, 7) is 0. The van der Waals surface area contributed by atoms with Gasteiger partial charge in [0.25, 0.3) is 17.1 Å². The lowest BCUT2D eigenvalue weighted by Crippen LogP contribution is -2.00. The van der Waals surface area contributed by atoms with Crippen LogP contribution in [0.1, 0.15) is 5.56 Å². The van der Waals surface area contributed by atoms with Gasteiger partial charge >= 0.3 is 0 Å². The van der Waals surface area contributed by atoms with Crippen molar-refractivity contribution in [3.8, 4) is 0 Å². The quantitative estimate of drug-likeness (QED) is 0.350. The third kappa shape index (κ3) is 3.32. The molecule has 1 aromatic rings. The second kappa shape index (κ2) is 5.84. The summed E-state index contributed by atoms with van der Waals surface area (Å²) >= 11 is 5.00. The highest BCUT2D eigenvalue weighted by Crippen LogP contribution is 2.34. The number of rotatable bonds is 5. The third-order valence-electron chi connectivity index (χ3n) is 2.11. The van der Waals surface area contributed by atoms with E-state index in [1.54, 1.807) is 0 Å². The second-order valence-electron chi connectivity index (χ2n) is 3.31. The molecule has 0 fully saturated rings. The summed E-state index contributed by atoms with van der Waals surface area (Å²) in [4.78, 5) is 39.8. The number of hydrogen-bond acceptors (Lipinski definition) is 7. The monoisotopic (exact) mass is 301 g/mol. The summed E-state index contributed by atoms with van der Waals surface area (Å²) in [5.41, 5.74) is -3.11. The first kappa shape index (κ1) is 15.2. The van der Waals surface area contributed by atoms with Crippen LogP contribution in [0.2, 0.25) is 0 Å². The van der Waals surface area contributed by atoms with Crippen LogP contribution in [0.25, 0.3) is 6.08 Å². The Morgan fingerprint density at radius 2 is 1.45 bits per heavy atom. The first-order valence-corrected chi connectivity index (χ1v) is 5.10. The summed E-state index contributed by atoms with van der Waals surface area (Å²) in [6.07, 6.45) is 1.43. The number of allylic oxidation sites excluding steroid dienone is 1. The topological polar surface area (TPSA) is 146 Å². The number of carbonyl (C=O) groups is 1. The molecule has 11 heteroatoms. The molecule has 0 unspecified atom stereocenters. The molecule has 1 aromatic carbocycles. The minimum Gasteiger partial charge on any atom is -0.276 e. The van der Waals surface area contributed by atoms with Crippen LogP contribution in [0.15, 0.2) is 18.2 Å². The van der Waals surface area contributed by atoms with Gasteiger partial charge in [-0.3, -0.25) is 35.1 Å². The number of nitro groups is 3. The van der Waals surface area contributed by atoms with E-state index in [1.165, 1.54) is 0 Å². The first-order chi connectivity index (χ1) is 9.23. The normalized spacial score (nSPS) is 10.4. The Balaban J connectivity index is 3.68. The van der Waals surface area contributed by atoms with Gasteiger partial charge in [-0.2, -0.15) is 0 Å². The predicted molar refractivity (Wildman–Crippen MR) is 66.3 cm³/mol. The molecule has 0 aromatic heterocycles. The van der Waals surface area contributed by atoms with E-state index >= 15 is 0 Å². The summed E-state index contributed by atoms with van der Waals surface area (Å²) in [7, 11) is 0. The molecule has 104 valence electrons. The largest absolute Gasteiger partial charge is 0.290 e. The third-order valence-corrected chi connectivity index (χ3v) is 2.23. The van der Waals surface area contributed by atoms with Gasteiger partial charge in [0.15, 0.2) is 0 Å². The molecule has 0 atom stereocenters. The van der Waals surface area contributed by atoms with Gasteiger partial charge in [0.1, 0.15) is 5.56 Å². The minimum atomic E-state index is -1.03. The molecule has 0 spiro atoms. The van der Waals surface area contributed by atoms with Gasteiger partial charge in [0.2, 0.25) is 5.24 Å². The van der Waals surface area contributed by atoms with Crippen molar-refractivity contribution in [2.45, 2.75) is 0 Å². The van der Waals surface area contributed by atoms with Gasteiger partial charge in [-0.05, 0) is 23.8 Å². The lowest BCUT2D eigenvalue weighted by molar-refractivity contribution is -0.403. The Morgan fingerprint density at radius 1 is 1.00 bits per heavy atom. The van der Waals surface area contributed by atoms with E-state index in [-0.39, 0.29) is 0 Å². The number of nitrogens with zero attached hydrogens (tertiary/aromatic N) is 3. The standard InChI is InChI=1S/C9H4ClN3O7/c10-9(14)2-1-6-7(12(17)18)3-5(11(15)16)4-8(6)13(19)20/h1-4H. The Morgan fingerprint density at radius 3 is 1.75 bits per heavy atom. The van der Waals surface area contributed by atoms with Crippen molar-refractivity contribution in [2.75, 3.05) is 0 Å². The second-order valence-corrected chi connectivity index (χ2v) is 3.68. The molecule has 0 amide bonds. The van der Waals surface area contributed by atoms with Crippen LogP contribution in [0.5, 0.6) is 0 Å². The minimum absolute atomic E-state index is 0.556. The van der Waals surface area contributed by atoms with Crippen molar-refractivity contribution in [1.29, 1.82) is 0 Å². The SMILES string of the molecule is O=C(Cl)C=Cc1c([N+](=O)[O-])cc([N+](=O)[O-])cc1[N+](=O)[O-]. The maximum atomic E-state index is 10.8. The van der Waals surface area contributed by atoms with Crippen molar-refractivity contribution >= 4 is 40.0 Å². The molecule has 0 radical (unpaired) electrons. The molecule has 0 saturated heterocycles. The van der Waals surface area contributed by atoms with E-state index in [1.807, 2.05) is 0 Å². The summed E-state index contributed by atoms with van der Waals surface area (Å²) in [6, 6.07) is 1.12. The van der Waals surface area contributed by atoms with Crippen LogP contribution in [0, 0.1) is 30.3 Å². The Hall–Kier alpha value is -2.88. The van der Waals surface area contributed by atoms with Crippen molar-refractivity contribution in [1.82, 2.24) is 0 Å². The van der Waals surface area contributed by atoms with E-state index in [0.717, 1.165) is 6.08 Å². The number of non-ortho nitro benzene ring substituents is 1. The zero-order valence-corrected chi connectivity index (χ0v) is 10.1. The smallest absolute Gasteiger partial charge is 0.276 e. The molecule has 0 heterocycles. The van der Waals surface area contributed by atoms with E-state index in [2.05, 4.69) is 0 Å². The molecular weight excluding hydrogens is 298 g/mol. The molecule has 1 rings (SSSR count). The fourth-order valence-corrected chi connectivity index (χ4v) is 1.40. The van der Waals surface area contributed by atoms with Crippen LogP contribution in [0.4, 0.5) is 17.1 Å². The molecule has 0 aliphatic carbocycles. The zero-order valence-electron chi connectivity index (χ0n) is 9.39. The highest BCUT2D eigenvalue weighted by molar-refractivity contribution is 6.66. The number of hydrogen-bond donors (Lipinski definition) is 0. The maximum Gasteiger partial charge on any atom is 0.290 e. The zero-order chi connectivity index (χ0) is 15.4. The van der Waals surface area contributed by atoms with Crippen molar-refractivity contribution in [3.05, 3.63) is 54.1 Å². The van der Waals surface area contributed by atoms with Gasteiger partial charge in [0, 0.05) is 0 Å². The number of carbonyl (C=O) groups excluding carboxylic acids is 1. The average molecular weight is 302 g/mol. The van der Waals surface area contributed by atoms with Crippen molar-refractivity contribution in [2.24, 2.45) is 0 Å². The lowest BCUT2D eigenvalue weighted by Gasteiger charge is -2.00. The molecule has 0 N–H and O–H groups in total. The average Bonchev–Trinajstić information content (AvgIpc) is 2.34. The van der Waals surface area contributed by atoms with E-state index in [0.29, 0.717) is 18.2 Å². The summed E-state index contributed by atoms with van der Waals surface area (Å²) in [5, 5.41) is 31.2. The molecule has 10 nitrogen and oxygen atoms in total. The Labute approximate surface area is 114 Å². The number of benzene rings is 1. The van der Waals surface area contributed by atoms with Crippen LogP contribution in [-0.4, -0.2) is 20.0 Å². The van der Waals surface area contributed by atoms with Gasteiger partial charge in [0.05, 0.1) is 26.9 Å². The number of halogens is 1. The van der Waals surface area contributed by atoms with Crippen LogP contribution in [-0.2, 0) is 4.79 Å². The Bertz CT molecular complexity index is 620. The molecule has 0 aliphatic heterocycles. The molecule has 0 bridgehead atoms. The van der Waals surface area contributed by atoms with Gasteiger partial charge in [-0.1, -0.05) is 0 Å². The lowest BCUT2D eigenvalue weighted by atomic mass is 10.1. The van der Waals surface area contributed by atoms with Gasteiger partial charge in [-0.15, -0.1) is 0 Å². The Kier molecular flexibility index (Phi) is 4.43. The van der Waals surface area contributed by atoms with Crippen LogP contribution in [0.3, 0.4) is 0 Å². The molecular formula is C9H4ClN3O7. The number of nitro benzene ring substituents is 3. The van der Waals surface area contributed by atoms with E-state index < -0.39 is 42.6 Å². The van der Waals surface area contributed by atoms with Gasteiger partial charge < -0.3 is 0 Å². The summed E-state index contributed by atoms with van der Waals surface area (Å²) < 4.78 is 0. The molecule has 0 aliphatic rings. The highest BCUT2D eigenvalue weighted by Gasteiger charge is 2.28.